The molecule has 0 atom stereocenters. The third-order valence-electron chi connectivity index (χ3n) is 4.15. The third kappa shape index (κ3) is 3.41. The van der Waals surface area contributed by atoms with Crippen LogP contribution in [0.2, 0.25) is 5.02 Å². The summed E-state index contributed by atoms with van der Waals surface area (Å²) in [6.07, 6.45) is 2.39. The average molecular weight is 334 g/mol. The third-order valence-corrected chi connectivity index (χ3v) is 4.46. The van der Waals surface area contributed by atoms with Crippen LogP contribution in [-0.4, -0.2) is 26.5 Å². The summed E-state index contributed by atoms with van der Waals surface area (Å²) in [4.78, 5) is 21.8. The lowest BCUT2D eigenvalue weighted by Crippen LogP contribution is -2.35. The van der Waals surface area contributed by atoms with Crippen molar-refractivity contribution in [3.05, 3.63) is 56.2 Å². The number of H-pyrrole nitrogens is 1. The molecule has 2 heterocycles. The molecule has 1 aliphatic rings. The predicted molar refractivity (Wildman–Crippen MR) is 89.8 cm³/mol. The number of hydrogen-bond donors (Lipinski definition) is 2. The Bertz CT molecular complexity index is 773. The number of benzene rings is 1. The van der Waals surface area contributed by atoms with Crippen LogP contribution in [0.1, 0.15) is 36.0 Å². The second-order valence-corrected chi connectivity index (χ2v) is 6.30. The molecule has 0 saturated carbocycles. The van der Waals surface area contributed by atoms with Crippen LogP contribution < -0.4 is 5.56 Å². The van der Waals surface area contributed by atoms with Crippen LogP contribution in [0.5, 0.6) is 5.75 Å². The molecule has 23 heavy (non-hydrogen) atoms. The van der Waals surface area contributed by atoms with Gasteiger partial charge in [-0.15, -0.1) is 0 Å². The monoisotopic (exact) mass is 333 g/mol. The Kier molecular flexibility index (Phi) is 4.68. The number of phenols is 1. The number of nitrogens with zero attached hydrogens (tertiary/aromatic N) is 2. The van der Waals surface area contributed by atoms with E-state index in [2.05, 4.69) is 21.8 Å². The number of halogens is 1. The Morgan fingerprint density at radius 2 is 2.26 bits per heavy atom. The van der Waals surface area contributed by atoms with Crippen molar-refractivity contribution in [1.82, 2.24) is 14.9 Å². The maximum absolute atomic E-state index is 12.2. The summed E-state index contributed by atoms with van der Waals surface area (Å²) in [5, 5.41) is 10.4. The number of aromatic amines is 1. The molecule has 5 nitrogen and oxygen atoms in total. The first-order valence-electron chi connectivity index (χ1n) is 7.88. The van der Waals surface area contributed by atoms with Gasteiger partial charge in [-0.1, -0.05) is 30.7 Å². The SMILES string of the molecule is CCCc1nc2c(c(=O)[nH]1)CCN(Cc1cccc(Cl)c1O)C2. The van der Waals surface area contributed by atoms with E-state index in [1.54, 1.807) is 6.07 Å². The molecule has 2 aromatic rings. The van der Waals surface area contributed by atoms with E-state index < -0.39 is 0 Å². The molecule has 1 aliphatic heterocycles. The Labute approximate surface area is 139 Å². The van der Waals surface area contributed by atoms with Gasteiger partial charge >= 0.3 is 0 Å². The predicted octanol–water partition coefficient (Wildman–Crippen LogP) is 2.64. The second kappa shape index (κ2) is 6.72. The van der Waals surface area contributed by atoms with Crippen molar-refractivity contribution in [2.45, 2.75) is 39.3 Å². The first-order chi connectivity index (χ1) is 11.1. The molecule has 0 bridgehead atoms. The highest BCUT2D eigenvalue weighted by atomic mass is 35.5. The first-order valence-corrected chi connectivity index (χ1v) is 8.26. The summed E-state index contributed by atoms with van der Waals surface area (Å²) in [6.45, 7) is 4.02. The molecule has 1 aromatic heterocycles. The van der Waals surface area contributed by atoms with E-state index >= 15 is 0 Å². The average Bonchev–Trinajstić information content (AvgIpc) is 2.52. The quantitative estimate of drug-likeness (QED) is 0.902. The van der Waals surface area contributed by atoms with E-state index in [1.807, 2.05) is 12.1 Å². The molecule has 3 rings (SSSR count). The van der Waals surface area contributed by atoms with Gasteiger partial charge in [-0.25, -0.2) is 4.98 Å². The van der Waals surface area contributed by atoms with Crippen LogP contribution in [0.25, 0.3) is 0 Å². The zero-order valence-corrected chi connectivity index (χ0v) is 13.9. The maximum Gasteiger partial charge on any atom is 0.254 e. The van der Waals surface area contributed by atoms with Crippen molar-refractivity contribution >= 4 is 11.6 Å². The number of para-hydroxylation sites is 1. The first kappa shape index (κ1) is 16.0. The van der Waals surface area contributed by atoms with Crippen LogP contribution in [0, 0.1) is 0 Å². The summed E-state index contributed by atoms with van der Waals surface area (Å²) >= 11 is 5.96. The minimum absolute atomic E-state index is 0.0105. The fraction of sp³-hybridized carbons (Fsp3) is 0.412. The van der Waals surface area contributed by atoms with Gasteiger partial charge in [0.1, 0.15) is 11.6 Å². The summed E-state index contributed by atoms with van der Waals surface area (Å²) in [7, 11) is 0. The molecular weight excluding hydrogens is 314 g/mol. The molecule has 0 amide bonds. The molecule has 0 spiro atoms. The zero-order chi connectivity index (χ0) is 16.4. The number of aromatic hydroxyl groups is 1. The molecule has 6 heteroatoms. The van der Waals surface area contributed by atoms with Gasteiger partial charge in [0.05, 0.1) is 10.7 Å². The van der Waals surface area contributed by atoms with Gasteiger partial charge in [0, 0.05) is 37.2 Å². The van der Waals surface area contributed by atoms with Gasteiger partial charge in [-0.2, -0.15) is 0 Å². The van der Waals surface area contributed by atoms with Crippen molar-refractivity contribution < 1.29 is 5.11 Å². The normalized spacial score (nSPS) is 14.7. The minimum atomic E-state index is -0.0105. The highest BCUT2D eigenvalue weighted by Crippen LogP contribution is 2.28. The highest BCUT2D eigenvalue weighted by Gasteiger charge is 2.22. The highest BCUT2D eigenvalue weighted by molar-refractivity contribution is 6.32. The second-order valence-electron chi connectivity index (χ2n) is 5.90. The number of phenolic OH excluding ortho intramolecular Hbond substituents is 1. The van der Waals surface area contributed by atoms with Crippen molar-refractivity contribution in [3.8, 4) is 5.75 Å². The molecule has 122 valence electrons. The Balaban J connectivity index is 1.82. The van der Waals surface area contributed by atoms with Crippen molar-refractivity contribution in [3.63, 3.8) is 0 Å². The van der Waals surface area contributed by atoms with E-state index in [-0.39, 0.29) is 11.3 Å². The molecule has 0 radical (unpaired) electrons. The maximum atomic E-state index is 12.2. The lowest BCUT2D eigenvalue weighted by atomic mass is 10.0. The standard InChI is InChI=1S/C17H20ClN3O2/c1-2-4-15-19-14-10-21(8-7-12(14)17(23)20-15)9-11-5-3-6-13(18)16(11)22/h3,5-6,22H,2,4,7-10H2,1H3,(H,19,20,23). The number of aryl methyl sites for hydroxylation is 1. The molecule has 0 fully saturated rings. The molecule has 2 N–H and O–H groups in total. The summed E-state index contributed by atoms with van der Waals surface area (Å²) in [5.41, 5.74) is 2.42. The van der Waals surface area contributed by atoms with Gasteiger partial charge in [0.2, 0.25) is 0 Å². The van der Waals surface area contributed by atoms with E-state index in [1.165, 1.54) is 0 Å². The lowest BCUT2D eigenvalue weighted by Gasteiger charge is -2.28. The van der Waals surface area contributed by atoms with Crippen molar-refractivity contribution in [2.75, 3.05) is 6.54 Å². The van der Waals surface area contributed by atoms with Crippen LogP contribution in [0.3, 0.4) is 0 Å². The number of aromatic nitrogens is 2. The van der Waals surface area contributed by atoms with Crippen molar-refractivity contribution in [1.29, 1.82) is 0 Å². The van der Waals surface area contributed by atoms with Gasteiger partial charge < -0.3 is 10.1 Å². The largest absolute Gasteiger partial charge is 0.506 e. The molecule has 0 aliphatic carbocycles. The number of rotatable bonds is 4. The fourth-order valence-electron chi connectivity index (χ4n) is 2.96. The van der Waals surface area contributed by atoms with Crippen molar-refractivity contribution in [2.24, 2.45) is 0 Å². The molecule has 1 aromatic carbocycles. The van der Waals surface area contributed by atoms with E-state index in [4.69, 9.17) is 11.6 Å². The van der Waals surface area contributed by atoms with E-state index in [0.717, 1.165) is 42.0 Å². The lowest BCUT2D eigenvalue weighted by molar-refractivity contribution is 0.237. The summed E-state index contributed by atoms with van der Waals surface area (Å²) < 4.78 is 0. The molecular formula is C17H20ClN3O2. The minimum Gasteiger partial charge on any atom is -0.506 e. The topological polar surface area (TPSA) is 69.2 Å². The van der Waals surface area contributed by atoms with E-state index in [9.17, 15) is 9.90 Å². The van der Waals surface area contributed by atoms with Gasteiger partial charge in [-0.3, -0.25) is 9.69 Å². The van der Waals surface area contributed by atoms with Gasteiger partial charge in [0.25, 0.3) is 5.56 Å². The van der Waals surface area contributed by atoms with Crippen LogP contribution in [0.4, 0.5) is 0 Å². The Hall–Kier alpha value is -1.85. The van der Waals surface area contributed by atoms with E-state index in [0.29, 0.717) is 24.5 Å². The summed E-state index contributed by atoms with van der Waals surface area (Å²) in [6, 6.07) is 5.37. The molecule has 0 unspecified atom stereocenters. The summed E-state index contributed by atoms with van der Waals surface area (Å²) in [5.74, 6) is 0.884. The number of nitrogens with one attached hydrogen (secondary N) is 1. The van der Waals surface area contributed by atoms with Crippen LogP contribution in [-0.2, 0) is 25.9 Å². The Morgan fingerprint density at radius 3 is 3.04 bits per heavy atom. The smallest absolute Gasteiger partial charge is 0.254 e. The zero-order valence-electron chi connectivity index (χ0n) is 13.1. The number of fused-ring (bicyclic) bond motifs is 1. The van der Waals surface area contributed by atoms with Gasteiger partial charge in [-0.05, 0) is 18.9 Å². The molecule has 0 saturated heterocycles. The van der Waals surface area contributed by atoms with Gasteiger partial charge in [0.15, 0.2) is 0 Å². The van der Waals surface area contributed by atoms with Crippen LogP contribution in [0.15, 0.2) is 23.0 Å². The Morgan fingerprint density at radius 1 is 1.43 bits per heavy atom. The van der Waals surface area contributed by atoms with Crippen LogP contribution >= 0.6 is 11.6 Å². The number of hydrogen-bond acceptors (Lipinski definition) is 4. The fourth-order valence-corrected chi connectivity index (χ4v) is 3.16.